The molecule has 346 valence electrons. The first-order valence-electron chi connectivity index (χ1n) is 21.5. The number of nitrogens with one attached hydrogen (secondary N) is 3. The van der Waals surface area contributed by atoms with E-state index in [1.54, 1.807) is 19.4 Å². The van der Waals surface area contributed by atoms with Gasteiger partial charge in [-0.1, -0.05) is 104 Å². The van der Waals surface area contributed by atoms with Crippen molar-refractivity contribution in [1.82, 2.24) is 64.5 Å². The number of hydrogen-bond donors (Lipinski definition) is 3. The predicted molar refractivity (Wildman–Crippen MR) is 257 cm³/mol. The van der Waals surface area contributed by atoms with Crippen LogP contribution in [0.2, 0.25) is 0 Å². The van der Waals surface area contributed by atoms with Crippen molar-refractivity contribution in [3.63, 3.8) is 0 Å². The van der Waals surface area contributed by atoms with Gasteiger partial charge in [-0.05, 0) is 66.8 Å². The molecule has 0 spiro atoms. The Morgan fingerprint density at radius 2 is 1.24 bits per heavy atom. The van der Waals surface area contributed by atoms with Crippen molar-refractivity contribution < 1.29 is 4.42 Å². The number of hydrogen-bond acceptors (Lipinski definition) is 8. The average Bonchev–Trinajstić information content (AvgIpc) is 4.04. The van der Waals surface area contributed by atoms with E-state index in [1.807, 2.05) is 105 Å². The Bertz CT molecular complexity index is 1920. The van der Waals surface area contributed by atoms with Gasteiger partial charge in [-0.2, -0.15) is 15.3 Å². The van der Waals surface area contributed by atoms with Crippen molar-refractivity contribution in [3.8, 4) is 0 Å². The fourth-order valence-corrected chi connectivity index (χ4v) is 5.29. The van der Waals surface area contributed by atoms with Crippen molar-refractivity contribution in [3.05, 3.63) is 126 Å². The number of aromatic nitrogens is 13. The first-order chi connectivity index (χ1) is 28.6. The molecule has 0 saturated heterocycles. The van der Waals surface area contributed by atoms with Crippen LogP contribution >= 0.6 is 0 Å². The van der Waals surface area contributed by atoms with Crippen LogP contribution in [0, 0.1) is 13.8 Å². The molecule has 0 fully saturated rings. The lowest BCUT2D eigenvalue weighted by Crippen LogP contribution is -1.99. The highest BCUT2D eigenvalue weighted by Gasteiger charge is 2.06. The highest BCUT2D eigenvalue weighted by atomic mass is 16.4. The molecular formula is C48H83N13O. The zero-order valence-electron chi connectivity index (χ0n) is 40.9. The summed E-state index contributed by atoms with van der Waals surface area (Å²) in [4.78, 5) is 17.1. The first kappa shape index (κ1) is 56.5. The van der Waals surface area contributed by atoms with Crippen LogP contribution in [0.3, 0.4) is 0 Å². The van der Waals surface area contributed by atoms with Gasteiger partial charge in [0.1, 0.15) is 5.82 Å². The van der Waals surface area contributed by atoms with E-state index >= 15 is 0 Å². The van der Waals surface area contributed by atoms with Gasteiger partial charge in [0, 0.05) is 99.9 Å². The molecule has 7 heterocycles. The maximum Gasteiger partial charge on any atom is 0.219 e. The Balaban J connectivity index is 0.000000699. The van der Waals surface area contributed by atoms with Gasteiger partial charge in [0.15, 0.2) is 0 Å². The Kier molecular flexibility index (Phi) is 27.0. The topological polar surface area (TPSA) is 166 Å². The van der Waals surface area contributed by atoms with Crippen LogP contribution in [-0.4, -0.2) is 64.5 Å². The summed E-state index contributed by atoms with van der Waals surface area (Å²) >= 11 is 0. The number of aromatic amines is 3. The number of imidazole rings is 2. The molecule has 0 aliphatic carbocycles. The number of nitrogens with zero attached hydrogens (tertiary/aromatic N) is 10. The van der Waals surface area contributed by atoms with E-state index in [4.69, 9.17) is 4.42 Å². The van der Waals surface area contributed by atoms with Crippen molar-refractivity contribution in [2.75, 3.05) is 0 Å². The molecule has 14 heteroatoms. The third kappa shape index (κ3) is 22.4. The van der Waals surface area contributed by atoms with E-state index in [9.17, 15) is 0 Å². The normalized spacial score (nSPS) is 10.4. The molecule has 0 saturated carbocycles. The Hall–Kier alpha value is -5.53. The summed E-state index contributed by atoms with van der Waals surface area (Å²) in [5.41, 5.74) is 7.37. The lowest BCUT2D eigenvalue weighted by molar-refractivity contribution is 0.448. The minimum Gasteiger partial charge on any atom is -0.425 e. The molecule has 14 nitrogen and oxygen atoms in total. The molecule has 7 aromatic rings. The molecule has 0 atom stereocenters. The van der Waals surface area contributed by atoms with E-state index in [2.05, 4.69) is 146 Å². The smallest absolute Gasteiger partial charge is 0.219 e. The minimum absolute atomic E-state index is 0. The molecule has 7 aromatic heterocycles. The van der Waals surface area contributed by atoms with Gasteiger partial charge in [-0.3, -0.25) is 14.0 Å². The average molecular weight is 858 g/mol. The van der Waals surface area contributed by atoms with Crippen LogP contribution in [0.4, 0.5) is 0 Å². The van der Waals surface area contributed by atoms with Crippen LogP contribution in [0.1, 0.15) is 198 Å². The number of aryl methyl sites for hydroxylation is 5. The van der Waals surface area contributed by atoms with Gasteiger partial charge in [0.2, 0.25) is 11.8 Å². The van der Waals surface area contributed by atoms with Gasteiger partial charge >= 0.3 is 0 Å². The molecular weight excluding hydrogens is 775 g/mol. The second kappa shape index (κ2) is 29.7. The van der Waals surface area contributed by atoms with Crippen LogP contribution < -0.4 is 0 Å². The highest BCUT2D eigenvalue weighted by Crippen LogP contribution is 2.14. The molecule has 7 rings (SSSR count). The molecule has 3 N–H and O–H groups in total. The van der Waals surface area contributed by atoms with Gasteiger partial charge < -0.3 is 19.4 Å². The molecule has 0 aliphatic heterocycles. The van der Waals surface area contributed by atoms with E-state index in [-0.39, 0.29) is 7.43 Å². The lowest BCUT2D eigenvalue weighted by Gasteiger charge is -2.02. The maximum atomic E-state index is 5.12. The second-order valence-corrected chi connectivity index (χ2v) is 17.0. The zero-order valence-corrected chi connectivity index (χ0v) is 40.9. The zero-order chi connectivity index (χ0) is 46.2. The van der Waals surface area contributed by atoms with Crippen molar-refractivity contribution in [2.45, 2.75) is 160 Å². The Labute approximate surface area is 374 Å². The summed E-state index contributed by atoms with van der Waals surface area (Å²) in [6.07, 6.45) is 12.9. The molecule has 0 bridgehead atoms. The summed E-state index contributed by atoms with van der Waals surface area (Å²) in [5, 5.41) is 20.1. The third-order valence-electron chi connectivity index (χ3n) is 8.89. The van der Waals surface area contributed by atoms with Crippen LogP contribution in [-0.2, 0) is 21.1 Å². The number of rotatable bonds is 7. The van der Waals surface area contributed by atoms with E-state index in [0.29, 0.717) is 53.2 Å². The van der Waals surface area contributed by atoms with Crippen LogP contribution in [0.15, 0.2) is 78.3 Å². The lowest BCUT2D eigenvalue weighted by atomic mass is 10.1. The molecule has 0 aromatic carbocycles. The van der Waals surface area contributed by atoms with Crippen molar-refractivity contribution >= 4 is 0 Å². The van der Waals surface area contributed by atoms with Crippen LogP contribution in [0.5, 0.6) is 0 Å². The van der Waals surface area contributed by atoms with Gasteiger partial charge in [-0.25, -0.2) is 9.97 Å². The van der Waals surface area contributed by atoms with E-state index in [0.717, 1.165) is 17.2 Å². The second-order valence-electron chi connectivity index (χ2n) is 17.0. The summed E-state index contributed by atoms with van der Waals surface area (Å²) in [5.74, 6) is 6.17. The summed E-state index contributed by atoms with van der Waals surface area (Å²) in [6.45, 7) is 33.6. The minimum atomic E-state index is 0. The molecule has 0 amide bonds. The van der Waals surface area contributed by atoms with E-state index in [1.165, 1.54) is 22.8 Å². The molecule has 0 aliphatic rings. The summed E-state index contributed by atoms with van der Waals surface area (Å²) in [7, 11) is 5.89. The standard InChI is InChI=1S/C8H14N2.2C7H12N2.C7H11N.C6H10N2O.2C6H10N2.CH4/c1-6(2)8-5-7(3)9-10(8)4;1-6(2)7-4-5-9(3)8-7;1-6(2)7-4-5-8-9(7)3;1-6(2)7-4-3-5-8-7;1-4(2)6-8-7-5(3)9-6;1-5(2)6-3-7-4-8-6;1-5(2)6-7-3-4-8-6;/h5-6H,1-4H3;2*4-6H,1-3H3;3-6,8H,1-2H3;4H,1-3H3;2*3-5H,1-2H3,(H,7,8);1H4. The molecule has 0 unspecified atom stereocenters. The maximum absolute atomic E-state index is 5.12. The first-order valence-corrected chi connectivity index (χ1v) is 21.5. The molecule has 62 heavy (non-hydrogen) atoms. The van der Waals surface area contributed by atoms with Crippen LogP contribution in [0.25, 0.3) is 0 Å². The monoisotopic (exact) mass is 858 g/mol. The van der Waals surface area contributed by atoms with E-state index < -0.39 is 0 Å². The Morgan fingerprint density at radius 1 is 0.597 bits per heavy atom. The largest absolute Gasteiger partial charge is 0.425 e. The Morgan fingerprint density at radius 3 is 1.47 bits per heavy atom. The SMILES string of the molecule is C.CC(C)c1ccc[nH]1.CC(C)c1ccn(C)n1.CC(C)c1ccnn1C.CC(C)c1cnc[nH]1.CC(C)c1ncc[nH]1.Cc1cc(C(C)C)n(C)n1.Cc1nnc(C(C)C)o1. The summed E-state index contributed by atoms with van der Waals surface area (Å²) < 4.78 is 10.8. The van der Waals surface area contributed by atoms with Gasteiger partial charge in [0.05, 0.1) is 17.7 Å². The fourth-order valence-electron chi connectivity index (χ4n) is 5.29. The third-order valence-corrected chi connectivity index (χ3v) is 8.89. The van der Waals surface area contributed by atoms with Gasteiger partial charge in [0.25, 0.3) is 0 Å². The highest BCUT2D eigenvalue weighted by molar-refractivity contribution is 5.12. The number of H-pyrrole nitrogens is 3. The fraction of sp³-hybridized carbons (Fsp3) is 0.562. The summed E-state index contributed by atoms with van der Waals surface area (Å²) in [6, 6.07) is 10.3. The van der Waals surface area contributed by atoms with Crippen molar-refractivity contribution in [2.24, 2.45) is 21.1 Å². The van der Waals surface area contributed by atoms with Gasteiger partial charge in [-0.15, -0.1) is 10.2 Å². The molecule has 0 radical (unpaired) electrons. The van der Waals surface area contributed by atoms with Crippen molar-refractivity contribution in [1.29, 1.82) is 0 Å². The predicted octanol–water partition coefficient (Wildman–Crippen LogP) is 12.3. The quantitative estimate of drug-likeness (QED) is 0.142.